The van der Waals surface area contributed by atoms with Crippen molar-refractivity contribution >= 4 is 17.4 Å². The number of hydrogen-bond donors (Lipinski definition) is 0. The second-order valence-electron chi connectivity index (χ2n) is 7.95. The molecule has 0 unspecified atom stereocenters. The number of benzene rings is 3. The third kappa shape index (κ3) is 5.12. The van der Waals surface area contributed by atoms with E-state index in [9.17, 15) is 10.1 Å². The topological polar surface area (TPSA) is 105 Å². The van der Waals surface area contributed by atoms with E-state index in [4.69, 9.17) is 0 Å². The Labute approximate surface area is 205 Å². The van der Waals surface area contributed by atoms with E-state index in [0.29, 0.717) is 12.4 Å². The van der Waals surface area contributed by atoms with Crippen LogP contribution in [0, 0.1) is 17.0 Å². The Balaban J connectivity index is 1.44. The van der Waals surface area contributed by atoms with E-state index >= 15 is 0 Å². The molecule has 0 aliphatic carbocycles. The zero-order chi connectivity index (χ0) is 24.2. The van der Waals surface area contributed by atoms with Crippen molar-refractivity contribution in [2.75, 3.05) is 0 Å². The van der Waals surface area contributed by atoms with Gasteiger partial charge in [0.2, 0.25) is 5.82 Å². The number of non-ortho nitro benzene ring substituents is 1. The lowest BCUT2D eigenvalue weighted by Crippen LogP contribution is -2.04. The summed E-state index contributed by atoms with van der Waals surface area (Å²) in [5.41, 5.74) is 5.01. The van der Waals surface area contributed by atoms with Gasteiger partial charge in [0.15, 0.2) is 0 Å². The molecule has 0 aliphatic rings. The third-order valence-corrected chi connectivity index (χ3v) is 6.53. The minimum absolute atomic E-state index is 0.0459. The number of hydrogen-bond acceptors (Lipinski definition) is 7. The van der Waals surface area contributed by atoms with Crippen LogP contribution in [0.5, 0.6) is 0 Å². The molecule has 0 fully saturated rings. The van der Waals surface area contributed by atoms with Crippen LogP contribution in [0.4, 0.5) is 5.69 Å². The minimum atomic E-state index is -0.421. The fraction of sp³-hybridized carbons (Fsp3) is 0.120. The van der Waals surface area contributed by atoms with Gasteiger partial charge in [0.25, 0.3) is 5.69 Å². The second kappa shape index (κ2) is 9.90. The van der Waals surface area contributed by atoms with Crippen molar-refractivity contribution in [2.45, 2.75) is 24.2 Å². The molecule has 0 N–H and O–H groups in total. The van der Waals surface area contributed by atoms with Gasteiger partial charge < -0.3 is 0 Å². The van der Waals surface area contributed by atoms with E-state index in [1.807, 2.05) is 35.0 Å². The van der Waals surface area contributed by atoms with Gasteiger partial charge in [-0.2, -0.15) is 9.90 Å². The zero-order valence-electron chi connectivity index (χ0n) is 18.9. The van der Waals surface area contributed by atoms with E-state index in [1.165, 1.54) is 28.1 Å². The number of nitro benzene ring substituents is 1. The molecule has 2 aromatic heterocycles. The highest BCUT2D eigenvalue weighted by Gasteiger charge is 2.19. The standard InChI is InChI=1S/C25H21N7O2S/c1-18-7-11-21(12-8-18)31-25(35-17-20-5-3-2-4-6-20)23(15-26-31)24-27-29-30(28-24)16-19-9-13-22(14-10-19)32(33)34/h2-15H,16-17H2,1H3. The Bertz CT molecular complexity index is 1450. The molecule has 0 spiro atoms. The molecule has 10 heteroatoms. The van der Waals surface area contributed by atoms with Crippen LogP contribution in [-0.2, 0) is 12.3 Å². The smallest absolute Gasteiger partial charge is 0.258 e. The van der Waals surface area contributed by atoms with Crippen molar-refractivity contribution in [1.29, 1.82) is 0 Å². The molecular weight excluding hydrogens is 462 g/mol. The maximum atomic E-state index is 10.9. The van der Waals surface area contributed by atoms with Gasteiger partial charge in [-0.15, -0.1) is 22.0 Å². The van der Waals surface area contributed by atoms with Crippen molar-refractivity contribution in [2.24, 2.45) is 0 Å². The van der Waals surface area contributed by atoms with Crippen molar-refractivity contribution in [3.05, 3.63) is 112 Å². The highest BCUT2D eigenvalue weighted by molar-refractivity contribution is 7.98. The predicted molar refractivity (Wildman–Crippen MR) is 133 cm³/mol. The molecule has 3 aromatic carbocycles. The third-order valence-electron chi connectivity index (χ3n) is 5.39. The quantitative estimate of drug-likeness (QED) is 0.172. The first-order valence-electron chi connectivity index (χ1n) is 10.9. The van der Waals surface area contributed by atoms with Crippen molar-refractivity contribution in [1.82, 2.24) is 30.0 Å². The highest BCUT2D eigenvalue weighted by Crippen LogP contribution is 2.33. The zero-order valence-corrected chi connectivity index (χ0v) is 19.7. The van der Waals surface area contributed by atoms with Gasteiger partial charge in [-0.1, -0.05) is 60.2 Å². The Morgan fingerprint density at radius 2 is 1.69 bits per heavy atom. The Kier molecular flexibility index (Phi) is 6.36. The molecule has 9 nitrogen and oxygen atoms in total. The number of thioether (sulfide) groups is 1. The molecule has 0 amide bonds. The van der Waals surface area contributed by atoms with Crippen LogP contribution in [0.15, 0.2) is 90.1 Å². The molecule has 0 bridgehead atoms. The summed E-state index contributed by atoms with van der Waals surface area (Å²) in [5, 5.41) is 29.5. The van der Waals surface area contributed by atoms with E-state index in [0.717, 1.165) is 27.6 Å². The molecule has 5 rings (SSSR count). The molecule has 0 atom stereocenters. The van der Waals surface area contributed by atoms with Crippen LogP contribution >= 0.6 is 11.8 Å². The second-order valence-corrected chi connectivity index (χ2v) is 8.92. The number of aromatic nitrogens is 6. The summed E-state index contributed by atoms with van der Waals surface area (Å²) in [4.78, 5) is 11.9. The van der Waals surface area contributed by atoms with Gasteiger partial charge in [0, 0.05) is 17.9 Å². The Morgan fingerprint density at radius 1 is 0.943 bits per heavy atom. The molecular formula is C25H21N7O2S. The van der Waals surface area contributed by atoms with Crippen LogP contribution in [-0.4, -0.2) is 34.9 Å². The monoisotopic (exact) mass is 483 g/mol. The summed E-state index contributed by atoms with van der Waals surface area (Å²) in [6.07, 6.45) is 1.76. The molecule has 0 aliphatic heterocycles. The fourth-order valence-electron chi connectivity index (χ4n) is 3.53. The average Bonchev–Trinajstić information content (AvgIpc) is 3.51. The summed E-state index contributed by atoms with van der Waals surface area (Å²) in [5.74, 6) is 1.24. The number of aryl methyl sites for hydroxylation is 1. The first-order chi connectivity index (χ1) is 17.1. The summed E-state index contributed by atoms with van der Waals surface area (Å²) < 4.78 is 1.90. The van der Waals surface area contributed by atoms with E-state index in [2.05, 4.69) is 51.7 Å². The summed E-state index contributed by atoms with van der Waals surface area (Å²) in [6.45, 7) is 2.40. The summed E-state index contributed by atoms with van der Waals surface area (Å²) in [7, 11) is 0. The summed E-state index contributed by atoms with van der Waals surface area (Å²) in [6, 6.07) is 24.8. The van der Waals surface area contributed by atoms with Crippen LogP contribution in [0.25, 0.3) is 17.1 Å². The van der Waals surface area contributed by atoms with Gasteiger partial charge >= 0.3 is 0 Å². The van der Waals surface area contributed by atoms with Gasteiger partial charge in [-0.25, -0.2) is 4.68 Å². The molecule has 5 aromatic rings. The largest absolute Gasteiger partial charge is 0.269 e. The van der Waals surface area contributed by atoms with E-state index in [1.54, 1.807) is 30.1 Å². The van der Waals surface area contributed by atoms with Crippen molar-refractivity contribution < 1.29 is 4.92 Å². The Morgan fingerprint density at radius 3 is 2.40 bits per heavy atom. The molecule has 0 saturated heterocycles. The number of nitro groups is 1. The Hall–Kier alpha value is -4.31. The number of rotatable bonds is 8. The van der Waals surface area contributed by atoms with E-state index < -0.39 is 4.92 Å². The van der Waals surface area contributed by atoms with Gasteiger partial charge in [0.1, 0.15) is 5.03 Å². The van der Waals surface area contributed by atoms with Crippen molar-refractivity contribution in [3.8, 4) is 17.1 Å². The molecule has 0 saturated carbocycles. The normalized spacial score (nSPS) is 11.0. The van der Waals surface area contributed by atoms with Crippen molar-refractivity contribution in [3.63, 3.8) is 0 Å². The lowest BCUT2D eigenvalue weighted by Gasteiger charge is -2.09. The molecule has 35 heavy (non-hydrogen) atoms. The minimum Gasteiger partial charge on any atom is -0.258 e. The maximum Gasteiger partial charge on any atom is 0.269 e. The van der Waals surface area contributed by atoms with Crippen LogP contribution in [0.2, 0.25) is 0 Å². The molecule has 2 heterocycles. The number of nitrogens with zero attached hydrogens (tertiary/aromatic N) is 7. The lowest BCUT2D eigenvalue weighted by atomic mass is 10.2. The van der Waals surface area contributed by atoms with Gasteiger partial charge in [-0.3, -0.25) is 10.1 Å². The first kappa shape index (κ1) is 22.5. The average molecular weight is 484 g/mol. The van der Waals surface area contributed by atoms with Crippen LogP contribution in [0.3, 0.4) is 0 Å². The van der Waals surface area contributed by atoms with E-state index in [-0.39, 0.29) is 5.69 Å². The lowest BCUT2D eigenvalue weighted by molar-refractivity contribution is -0.384. The van der Waals surface area contributed by atoms with Crippen LogP contribution in [0.1, 0.15) is 16.7 Å². The number of tetrazole rings is 1. The predicted octanol–water partition coefficient (Wildman–Crippen LogP) is 5.08. The molecule has 0 radical (unpaired) electrons. The van der Waals surface area contributed by atoms with Gasteiger partial charge in [0.05, 0.1) is 28.9 Å². The SMILES string of the molecule is Cc1ccc(-n2ncc(-c3nnn(Cc4ccc([N+](=O)[O-])cc4)n3)c2SCc2ccccc2)cc1. The summed E-state index contributed by atoms with van der Waals surface area (Å²) >= 11 is 1.66. The fourth-order valence-corrected chi connectivity index (χ4v) is 4.60. The molecule has 174 valence electrons. The first-order valence-corrected chi connectivity index (χ1v) is 11.9. The van der Waals surface area contributed by atoms with Gasteiger partial charge in [-0.05, 0) is 35.4 Å². The van der Waals surface area contributed by atoms with Crippen LogP contribution < -0.4 is 0 Å². The highest BCUT2D eigenvalue weighted by atomic mass is 32.2. The maximum absolute atomic E-state index is 10.9.